The van der Waals surface area contributed by atoms with Crippen molar-refractivity contribution in [1.29, 1.82) is 0 Å². The summed E-state index contributed by atoms with van der Waals surface area (Å²) in [6.45, 7) is 1.31. The monoisotopic (exact) mass is 317 g/mol. The van der Waals surface area contributed by atoms with Crippen molar-refractivity contribution < 1.29 is 8.42 Å². The number of anilines is 1. The van der Waals surface area contributed by atoms with E-state index in [9.17, 15) is 8.42 Å². The molecule has 0 spiro atoms. The first-order valence-corrected chi connectivity index (χ1v) is 9.26. The van der Waals surface area contributed by atoms with Gasteiger partial charge in [0.05, 0.1) is 0 Å². The lowest BCUT2D eigenvalue weighted by molar-refractivity contribution is 0.246. The minimum absolute atomic E-state index is 0.0368. The number of nitrogens with one attached hydrogen (secondary N) is 2. The van der Waals surface area contributed by atoms with Gasteiger partial charge in [-0.25, -0.2) is 4.72 Å². The van der Waals surface area contributed by atoms with Crippen LogP contribution in [-0.2, 0) is 10.2 Å². The average Bonchev–Trinajstić information content (AvgIpc) is 3.13. The van der Waals surface area contributed by atoms with Crippen LogP contribution in [0.3, 0.4) is 0 Å². The van der Waals surface area contributed by atoms with Gasteiger partial charge in [-0.15, -0.1) is 10.2 Å². The SMILES string of the molecule is O=S(=O)(Nc1nncs1)N1CCCCC1CNC1CC1. The summed E-state index contributed by atoms with van der Waals surface area (Å²) in [6.07, 6.45) is 5.33. The minimum Gasteiger partial charge on any atom is -0.312 e. The summed E-state index contributed by atoms with van der Waals surface area (Å²) >= 11 is 1.19. The minimum atomic E-state index is -3.53. The van der Waals surface area contributed by atoms with Crippen molar-refractivity contribution in [2.75, 3.05) is 17.8 Å². The molecular weight excluding hydrogens is 298 g/mol. The summed E-state index contributed by atoms with van der Waals surface area (Å²) in [6, 6.07) is 0.632. The third kappa shape index (κ3) is 3.46. The van der Waals surface area contributed by atoms with Gasteiger partial charge in [0.15, 0.2) is 0 Å². The molecule has 1 saturated heterocycles. The molecule has 7 nitrogen and oxygen atoms in total. The number of aromatic nitrogens is 2. The zero-order chi connectivity index (χ0) is 14.0. The quantitative estimate of drug-likeness (QED) is 0.810. The Morgan fingerprint density at radius 3 is 2.90 bits per heavy atom. The highest BCUT2D eigenvalue weighted by Gasteiger charge is 2.33. The van der Waals surface area contributed by atoms with Gasteiger partial charge in [0.2, 0.25) is 5.13 Å². The largest absolute Gasteiger partial charge is 0.312 e. The fourth-order valence-corrected chi connectivity index (χ4v) is 4.59. The van der Waals surface area contributed by atoms with Crippen molar-refractivity contribution in [2.24, 2.45) is 0 Å². The van der Waals surface area contributed by atoms with Crippen molar-refractivity contribution in [1.82, 2.24) is 19.8 Å². The Morgan fingerprint density at radius 2 is 2.20 bits per heavy atom. The van der Waals surface area contributed by atoms with Crippen LogP contribution in [0, 0.1) is 0 Å². The van der Waals surface area contributed by atoms with Gasteiger partial charge < -0.3 is 5.32 Å². The molecule has 1 aromatic rings. The first-order chi connectivity index (χ1) is 9.65. The van der Waals surface area contributed by atoms with Crippen LogP contribution in [0.4, 0.5) is 5.13 Å². The zero-order valence-corrected chi connectivity index (χ0v) is 12.8. The summed E-state index contributed by atoms with van der Waals surface area (Å²) in [5, 5.41) is 11.1. The fraction of sp³-hybridized carbons (Fsp3) is 0.818. The van der Waals surface area contributed by atoms with Gasteiger partial charge in [-0.2, -0.15) is 12.7 Å². The van der Waals surface area contributed by atoms with Crippen LogP contribution in [0.1, 0.15) is 32.1 Å². The number of nitrogens with zero attached hydrogens (tertiary/aromatic N) is 3. The van der Waals surface area contributed by atoms with Crippen molar-refractivity contribution >= 4 is 26.7 Å². The van der Waals surface area contributed by atoms with Crippen LogP contribution in [0.15, 0.2) is 5.51 Å². The highest BCUT2D eigenvalue weighted by molar-refractivity contribution is 7.90. The molecule has 1 unspecified atom stereocenters. The molecule has 20 heavy (non-hydrogen) atoms. The van der Waals surface area contributed by atoms with Gasteiger partial charge in [0.1, 0.15) is 5.51 Å². The maximum Gasteiger partial charge on any atom is 0.303 e. The molecule has 1 atom stereocenters. The first-order valence-electron chi connectivity index (χ1n) is 6.94. The van der Waals surface area contributed by atoms with Crippen molar-refractivity contribution in [3.05, 3.63) is 5.51 Å². The molecule has 2 aliphatic rings. The Labute approximate surface area is 123 Å². The molecule has 9 heteroatoms. The van der Waals surface area contributed by atoms with Gasteiger partial charge in [-0.3, -0.25) is 0 Å². The molecule has 0 aromatic carbocycles. The topological polar surface area (TPSA) is 87.2 Å². The number of rotatable bonds is 6. The summed E-state index contributed by atoms with van der Waals surface area (Å²) in [7, 11) is -3.53. The van der Waals surface area contributed by atoms with Crippen LogP contribution in [0.25, 0.3) is 0 Å². The van der Waals surface area contributed by atoms with E-state index in [1.54, 1.807) is 4.31 Å². The van der Waals surface area contributed by atoms with E-state index in [2.05, 4.69) is 20.2 Å². The van der Waals surface area contributed by atoms with E-state index >= 15 is 0 Å². The van der Waals surface area contributed by atoms with Crippen LogP contribution in [0.2, 0.25) is 0 Å². The van der Waals surface area contributed by atoms with Gasteiger partial charge in [-0.05, 0) is 25.7 Å². The molecule has 1 aliphatic carbocycles. The normalized spacial score (nSPS) is 24.7. The summed E-state index contributed by atoms with van der Waals surface area (Å²) < 4.78 is 29.0. The van der Waals surface area contributed by atoms with Crippen LogP contribution < -0.4 is 10.0 Å². The second-order valence-electron chi connectivity index (χ2n) is 5.29. The zero-order valence-electron chi connectivity index (χ0n) is 11.2. The molecule has 1 aliphatic heterocycles. The first kappa shape index (κ1) is 14.2. The Morgan fingerprint density at radius 1 is 1.35 bits per heavy atom. The number of piperidine rings is 1. The Bertz CT molecular complexity index is 529. The molecule has 0 amide bonds. The molecule has 2 fully saturated rings. The van der Waals surface area contributed by atoms with E-state index in [0.717, 1.165) is 25.8 Å². The molecule has 2 heterocycles. The molecule has 3 rings (SSSR count). The van der Waals surface area contributed by atoms with Crippen molar-refractivity contribution in [3.8, 4) is 0 Å². The second kappa shape index (κ2) is 5.92. The highest BCUT2D eigenvalue weighted by atomic mass is 32.2. The van der Waals surface area contributed by atoms with Crippen LogP contribution >= 0.6 is 11.3 Å². The van der Waals surface area contributed by atoms with Crippen molar-refractivity contribution in [3.63, 3.8) is 0 Å². The summed E-state index contributed by atoms with van der Waals surface area (Å²) in [5.41, 5.74) is 1.51. The van der Waals surface area contributed by atoms with E-state index in [0.29, 0.717) is 17.7 Å². The Hall–Kier alpha value is -0.770. The van der Waals surface area contributed by atoms with E-state index in [-0.39, 0.29) is 6.04 Å². The molecule has 2 N–H and O–H groups in total. The van der Waals surface area contributed by atoms with Gasteiger partial charge in [0, 0.05) is 25.2 Å². The molecule has 1 saturated carbocycles. The van der Waals surface area contributed by atoms with E-state index in [1.807, 2.05) is 0 Å². The average molecular weight is 317 g/mol. The molecule has 0 radical (unpaired) electrons. The third-order valence-electron chi connectivity index (χ3n) is 3.68. The molecule has 0 bridgehead atoms. The highest BCUT2D eigenvalue weighted by Crippen LogP contribution is 2.24. The van der Waals surface area contributed by atoms with E-state index in [4.69, 9.17) is 0 Å². The standard InChI is InChI=1S/C11H19N5O2S2/c17-20(18,15-11-14-13-8-19-11)16-6-2-1-3-10(16)7-12-9-4-5-9/h8-10,12H,1-7H2,(H,14,15). The van der Waals surface area contributed by atoms with E-state index in [1.165, 1.54) is 29.7 Å². The lowest BCUT2D eigenvalue weighted by Crippen LogP contribution is -2.50. The van der Waals surface area contributed by atoms with Gasteiger partial charge in [0.25, 0.3) is 0 Å². The van der Waals surface area contributed by atoms with Gasteiger partial charge in [-0.1, -0.05) is 17.8 Å². The number of hydrogen-bond acceptors (Lipinski definition) is 6. The summed E-state index contributed by atoms with van der Waals surface area (Å²) in [4.78, 5) is 0. The second-order valence-corrected chi connectivity index (χ2v) is 7.75. The summed E-state index contributed by atoms with van der Waals surface area (Å²) in [5.74, 6) is 0. The Balaban J connectivity index is 1.67. The molecule has 112 valence electrons. The predicted molar refractivity (Wildman–Crippen MR) is 77.8 cm³/mol. The van der Waals surface area contributed by atoms with Crippen LogP contribution in [-0.4, -0.2) is 48.1 Å². The van der Waals surface area contributed by atoms with E-state index < -0.39 is 10.2 Å². The predicted octanol–water partition coefficient (Wildman–Crippen LogP) is 0.801. The maximum atomic E-state index is 12.4. The fourth-order valence-electron chi connectivity index (χ4n) is 2.47. The maximum absolute atomic E-state index is 12.4. The lowest BCUT2D eigenvalue weighted by Gasteiger charge is -2.34. The van der Waals surface area contributed by atoms with Gasteiger partial charge >= 0.3 is 10.2 Å². The lowest BCUT2D eigenvalue weighted by atomic mass is 10.1. The molecule has 1 aromatic heterocycles. The number of hydrogen-bond donors (Lipinski definition) is 2. The Kier molecular flexibility index (Phi) is 4.20. The third-order valence-corrected chi connectivity index (χ3v) is 5.96. The smallest absolute Gasteiger partial charge is 0.303 e. The van der Waals surface area contributed by atoms with Crippen LogP contribution in [0.5, 0.6) is 0 Å². The van der Waals surface area contributed by atoms with Crippen molar-refractivity contribution in [2.45, 2.75) is 44.2 Å². The molecular formula is C11H19N5O2S2.